The van der Waals surface area contributed by atoms with Crippen LogP contribution in [-0.2, 0) is 11.8 Å². The van der Waals surface area contributed by atoms with Gasteiger partial charge in [0.1, 0.15) is 11.3 Å². The molecule has 198 valence electrons. The molecule has 0 fully saturated rings. The fraction of sp³-hybridized carbons (Fsp3) is 0.194. The number of carbonyl (C=O) groups excluding carboxylic acids is 1. The maximum Gasteiger partial charge on any atom is 0.295 e. The predicted octanol–water partition coefficient (Wildman–Crippen LogP) is 5.20. The number of carbonyl (C=O) groups is 1. The number of amides is 1. The fourth-order valence-electron chi connectivity index (χ4n) is 4.48. The summed E-state index contributed by atoms with van der Waals surface area (Å²) in [7, 11) is 1.74. The zero-order valence-corrected chi connectivity index (χ0v) is 22.5. The molecule has 0 spiro atoms. The lowest BCUT2D eigenvalue weighted by Gasteiger charge is -2.13. The van der Waals surface area contributed by atoms with Crippen LogP contribution in [0.2, 0.25) is 0 Å². The molecule has 0 aliphatic rings. The molecular formula is C31H29N3O5. The van der Waals surface area contributed by atoms with E-state index >= 15 is 0 Å². The first-order chi connectivity index (χ1) is 18.7. The fourth-order valence-corrected chi connectivity index (χ4v) is 4.48. The third kappa shape index (κ3) is 4.77. The highest BCUT2D eigenvalue weighted by Gasteiger charge is 2.22. The second-order valence-corrected chi connectivity index (χ2v) is 9.66. The van der Waals surface area contributed by atoms with Crippen molar-refractivity contribution in [3.63, 3.8) is 0 Å². The van der Waals surface area contributed by atoms with E-state index in [1.54, 1.807) is 24.7 Å². The normalized spacial score (nSPS) is 11.1. The molecule has 0 aliphatic heterocycles. The summed E-state index contributed by atoms with van der Waals surface area (Å²) >= 11 is 0. The predicted molar refractivity (Wildman–Crippen MR) is 152 cm³/mol. The van der Waals surface area contributed by atoms with E-state index in [-0.39, 0.29) is 28.2 Å². The topological polar surface area (TPSA) is 95.5 Å². The first-order valence-corrected chi connectivity index (χ1v) is 12.6. The Morgan fingerprint density at radius 1 is 0.923 bits per heavy atom. The van der Waals surface area contributed by atoms with Crippen LogP contribution in [0.15, 0.2) is 80.7 Å². The highest BCUT2D eigenvalue weighted by molar-refractivity contribution is 5.92. The molecule has 0 aliphatic carbocycles. The second kappa shape index (κ2) is 10.1. The molecule has 3 aromatic carbocycles. The van der Waals surface area contributed by atoms with Gasteiger partial charge in [0.05, 0.1) is 16.8 Å². The van der Waals surface area contributed by atoms with Crippen LogP contribution in [0.5, 0.6) is 5.75 Å². The van der Waals surface area contributed by atoms with Crippen LogP contribution >= 0.6 is 0 Å². The van der Waals surface area contributed by atoms with Gasteiger partial charge in [-0.2, -0.15) is 0 Å². The van der Waals surface area contributed by atoms with Crippen molar-refractivity contribution in [3.05, 3.63) is 110 Å². The Balaban J connectivity index is 1.49. The van der Waals surface area contributed by atoms with Crippen LogP contribution in [0.4, 0.5) is 5.69 Å². The van der Waals surface area contributed by atoms with E-state index in [9.17, 15) is 14.4 Å². The monoisotopic (exact) mass is 523 g/mol. The number of nitrogens with one attached hydrogen (secondary N) is 1. The van der Waals surface area contributed by atoms with Gasteiger partial charge in [0.15, 0.2) is 12.4 Å². The Labute approximate surface area is 225 Å². The number of rotatable bonds is 6. The first-order valence-electron chi connectivity index (χ1n) is 12.6. The number of aromatic nitrogens is 2. The van der Waals surface area contributed by atoms with Crippen LogP contribution in [0.25, 0.3) is 28.0 Å². The Morgan fingerprint density at radius 3 is 2.28 bits per heavy atom. The van der Waals surface area contributed by atoms with Crippen LogP contribution in [0.3, 0.4) is 0 Å². The molecule has 0 saturated heterocycles. The van der Waals surface area contributed by atoms with E-state index in [4.69, 9.17) is 9.15 Å². The molecule has 39 heavy (non-hydrogen) atoms. The van der Waals surface area contributed by atoms with Gasteiger partial charge in [-0.1, -0.05) is 48.0 Å². The van der Waals surface area contributed by atoms with Gasteiger partial charge in [-0.3, -0.25) is 19.1 Å². The van der Waals surface area contributed by atoms with Gasteiger partial charge in [0.2, 0.25) is 11.2 Å². The third-order valence-corrected chi connectivity index (χ3v) is 6.95. The number of para-hydroxylation sites is 1. The number of hydrogen-bond acceptors (Lipinski definition) is 5. The highest BCUT2D eigenvalue weighted by atomic mass is 16.5. The quantitative estimate of drug-likeness (QED) is 0.330. The Morgan fingerprint density at radius 2 is 1.59 bits per heavy atom. The molecule has 5 rings (SSSR count). The summed E-state index contributed by atoms with van der Waals surface area (Å²) in [5.41, 5.74) is 4.73. The Kier molecular flexibility index (Phi) is 6.70. The SMILES string of the molecule is Cc1ccc(-c2oc3cc(C)c(C)cc3c(=O)c2OCC(=O)Nc2c(C)n(C)n(-c3ccccc3)c2=O)cc1. The number of benzene rings is 3. The smallest absolute Gasteiger partial charge is 0.295 e. The van der Waals surface area contributed by atoms with Crippen LogP contribution in [0.1, 0.15) is 22.4 Å². The number of fused-ring (bicyclic) bond motifs is 1. The summed E-state index contributed by atoms with van der Waals surface area (Å²) < 4.78 is 15.2. The van der Waals surface area contributed by atoms with Crippen LogP contribution in [-0.4, -0.2) is 21.9 Å². The summed E-state index contributed by atoms with van der Waals surface area (Å²) in [4.78, 5) is 39.7. The van der Waals surface area contributed by atoms with E-state index in [0.29, 0.717) is 27.9 Å². The lowest BCUT2D eigenvalue weighted by molar-refractivity contribution is -0.118. The van der Waals surface area contributed by atoms with Crippen LogP contribution in [0, 0.1) is 27.7 Å². The average molecular weight is 524 g/mol. The van der Waals surface area contributed by atoms with Gasteiger partial charge < -0.3 is 14.5 Å². The first kappa shape index (κ1) is 25.8. The number of hydrogen-bond donors (Lipinski definition) is 1. The minimum atomic E-state index is -0.574. The zero-order valence-electron chi connectivity index (χ0n) is 22.5. The van der Waals surface area contributed by atoms with Gasteiger partial charge in [-0.05, 0) is 63.1 Å². The van der Waals surface area contributed by atoms with E-state index in [2.05, 4.69) is 5.32 Å². The largest absolute Gasteiger partial charge is 0.476 e. The molecule has 2 heterocycles. The number of ether oxygens (including phenoxy) is 1. The van der Waals surface area contributed by atoms with Crippen molar-refractivity contribution in [1.29, 1.82) is 0 Å². The van der Waals surface area contributed by atoms with Crippen molar-refractivity contribution in [3.8, 4) is 22.8 Å². The summed E-state index contributed by atoms with van der Waals surface area (Å²) in [6, 6.07) is 20.2. The summed E-state index contributed by atoms with van der Waals surface area (Å²) in [5, 5.41) is 3.04. The molecular weight excluding hydrogens is 494 g/mol. The second-order valence-electron chi connectivity index (χ2n) is 9.66. The van der Waals surface area contributed by atoms with E-state index in [1.165, 1.54) is 4.68 Å². The third-order valence-electron chi connectivity index (χ3n) is 6.95. The molecule has 0 bridgehead atoms. The minimum absolute atomic E-state index is 0.0590. The summed E-state index contributed by atoms with van der Waals surface area (Å²) in [5.74, 6) is -0.391. The number of anilines is 1. The molecule has 2 aromatic heterocycles. The van der Waals surface area contributed by atoms with Gasteiger partial charge in [0.25, 0.3) is 11.5 Å². The molecule has 1 N–H and O–H groups in total. The van der Waals surface area contributed by atoms with Gasteiger partial charge >= 0.3 is 0 Å². The van der Waals surface area contributed by atoms with Gasteiger partial charge in [0, 0.05) is 12.6 Å². The Bertz CT molecular complexity index is 1830. The molecule has 5 aromatic rings. The zero-order chi connectivity index (χ0) is 27.8. The minimum Gasteiger partial charge on any atom is -0.476 e. The molecule has 0 unspecified atom stereocenters. The summed E-state index contributed by atoms with van der Waals surface area (Å²) in [6.07, 6.45) is 0. The van der Waals surface area contributed by atoms with Crippen LogP contribution < -0.4 is 21.0 Å². The molecule has 0 saturated carbocycles. The maximum atomic E-state index is 13.6. The van der Waals surface area contributed by atoms with E-state index in [1.807, 2.05) is 81.4 Å². The summed E-state index contributed by atoms with van der Waals surface area (Å²) in [6.45, 7) is 7.09. The van der Waals surface area contributed by atoms with Crippen molar-refractivity contribution < 1.29 is 13.9 Å². The van der Waals surface area contributed by atoms with Crippen molar-refractivity contribution in [1.82, 2.24) is 9.36 Å². The molecule has 0 atom stereocenters. The average Bonchev–Trinajstić information content (AvgIpc) is 3.13. The Hall–Kier alpha value is -4.85. The molecule has 8 nitrogen and oxygen atoms in total. The highest BCUT2D eigenvalue weighted by Crippen LogP contribution is 2.32. The molecule has 8 heteroatoms. The van der Waals surface area contributed by atoms with Gasteiger partial charge in [-0.15, -0.1) is 0 Å². The van der Waals surface area contributed by atoms with Crippen molar-refractivity contribution in [2.45, 2.75) is 27.7 Å². The van der Waals surface area contributed by atoms with E-state index in [0.717, 1.165) is 16.7 Å². The maximum absolute atomic E-state index is 13.6. The standard InChI is InChI=1S/C31H29N3O5/c1-18-11-13-22(14-12-18)29-30(28(36)24-15-19(2)20(3)16-25(24)39-29)38-17-26(35)32-27-21(4)33(5)34(31(27)37)23-9-7-6-8-10-23/h6-16H,17H2,1-5H3,(H,32,35). The van der Waals surface area contributed by atoms with Crippen molar-refractivity contribution >= 4 is 22.6 Å². The lowest BCUT2D eigenvalue weighted by Crippen LogP contribution is -2.26. The van der Waals surface area contributed by atoms with E-state index < -0.39 is 12.5 Å². The van der Waals surface area contributed by atoms with Crippen molar-refractivity contribution in [2.75, 3.05) is 11.9 Å². The molecule has 1 amide bonds. The lowest BCUT2D eigenvalue weighted by atomic mass is 10.0. The van der Waals surface area contributed by atoms with Crippen molar-refractivity contribution in [2.24, 2.45) is 7.05 Å². The van der Waals surface area contributed by atoms with Gasteiger partial charge in [-0.25, -0.2) is 4.68 Å². The number of nitrogens with zero attached hydrogens (tertiary/aromatic N) is 2. The number of aryl methyl sites for hydroxylation is 3. The molecule has 0 radical (unpaired) electrons.